The van der Waals surface area contributed by atoms with E-state index in [0.29, 0.717) is 0 Å². The molecule has 0 saturated heterocycles. The van der Waals surface area contributed by atoms with E-state index in [9.17, 15) is 0 Å². The minimum atomic E-state index is 1.04. The first-order valence-electron chi connectivity index (χ1n) is 11.6. The lowest BCUT2D eigenvalue weighted by Gasteiger charge is -2.10. The van der Waals surface area contributed by atoms with Crippen molar-refractivity contribution in [2.75, 3.05) is 0 Å². The van der Waals surface area contributed by atoms with Gasteiger partial charge < -0.3 is 0 Å². The van der Waals surface area contributed by atoms with E-state index in [0.717, 1.165) is 25.7 Å². The van der Waals surface area contributed by atoms with Crippen molar-refractivity contribution in [1.29, 1.82) is 0 Å². The molecule has 0 saturated carbocycles. The van der Waals surface area contributed by atoms with E-state index in [1.54, 1.807) is 0 Å². The Bertz CT molecular complexity index is 1100. The van der Waals surface area contributed by atoms with Crippen LogP contribution >= 0.6 is 0 Å². The van der Waals surface area contributed by atoms with Crippen LogP contribution in [0.4, 0.5) is 0 Å². The molecule has 0 radical (unpaired) electrons. The molecule has 0 atom stereocenters. The van der Waals surface area contributed by atoms with Gasteiger partial charge in [-0.05, 0) is 35.1 Å². The summed E-state index contributed by atoms with van der Waals surface area (Å²) < 4.78 is 4.66. The molecular weight excluding hydrogens is 388 g/mol. The monoisotopic (exact) mass is 422 g/mol. The molecule has 2 aromatic carbocycles. The Morgan fingerprint density at radius 3 is 1.25 bits per heavy atom. The topological polar surface area (TPSA) is 7.76 Å². The molecule has 2 heterocycles. The second kappa shape index (κ2) is 9.91. The molecule has 0 amide bonds. The Kier molecular flexibility index (Phi) is 6.80. The highest BCUT2D eigenvalue weighted by molar-refractivity contribution is 5.63. The smallest absolute Gasteiger partial charge is 0.182 e. The van der Waals surface area contributed by atoms with Gasteiger partial charge in [-0.25, -0.2) is 9.13 Å². The van der Waals surface area contributed by atoms with Crippen molar-refractivity contribution in [2.24, 2.45) is 14.1 Å². The Balaban J connectivity index is 1.62. The third-order valence-corrected chi connectivity index (χ3v) is 6.65. The molecule has 0 fully saturated rings. The molecule has 0 bridgehead atoms. The third-order valence-electron chi connectivity index (χ3n) is 6.65. The van der Waals surface area contributed by atoms with E-state index in [1.165, 1.54) is 45.0 Å². The molecule has 162 valence electrons. The molecule has 2 aromatic heterocycles. The van der Waals surface area contributed by atoms with Crippen molar-refractivity contribution in [2.45, 2.75) is 39.5 Å². The normalized spacial score (nSPS) is 11.0. The number of nitrogens with zero attached hydrogens (tertiary/aromatic N) is 2. The molecule has 2 heteroatoms. The largest absolute Gasteiger partial charge is 0.203 e. The highest BCUT2D eigenvalue weighted by Crippen LogP contribution is 2.23. The van der Waals surface area contributed by atoms with Crippen molar-refractivity contribution < 1.29 is 9.13 Å². The summed E-state index contributed by atoms with van der Waals surface area (Å²) >= 11 is 0. The van der Waals surface area contributed by atoms with Crippen LogP contribution in [0.25, 0.3) is 11.1 Å². The van der Waals surface area contributed by atoms with Crippen LogP contribution in [-0.4, -0.2) is 0 Å². The average Bonchev–Trinajstić information content (AvgIpc) is 2.82. The van der Waals surface area contributed by atoms with Crippen LogP contribution in [0.15, 0.2) is 84.9 Å². The lowest BCUT2D eigenvalue weighted by molar-refractivity contribution is -0.685. The van der Waals surface area contributed by atoms with Crippen LogP contribution in [-0.2, 0) is 39.8 Å². The molecule has 0 N–H and O–H groups in total. The van der Waals surface area contributed by atoms with Gasteiger partial charge in [0.1, 0.15) is 14.1 Å². The fourth-order valence-electron chi connectivity index (χ4n) is 4.38. The van der Waals surface area contributed by atoms with Gasteiger partial charge in [0.2, 0.25) is 0 Å². The molecule has 0 aliphatic carbocycles. The van der Waals surface area contributed by atoms with E-state index in [1.807, 2.05) is 0 Å². The Morgan fingerprint density at radius 1 is 0.500 bits per heavy atom. The summed E-state index contributed by atoms with van der Waals surface area (Å²) in [6, 6.07) is 31.0. The van der Waals surface area contributed by atoms with E-state index in [4.69, 9.17) is 0 Å². The van der Waals surface area contributed by atoms with Gasteiger partial charge in [-0.15, -0.1) is 0 Å². The first-order valence-corrected chi connectivity index (χ1v) is 11.6. The summed E-state index contributed by atoms with van der Waals surface area (Å²) in [4.78, 5) is 0. The Labute approximate surface area is 192 Å². The van der Waals surface area contributed by atoms with Crippen LogP contribution in [0.3, 0.4) is 0 Å². The molecule has 0 spiro atoms. The van der Waals surface area contributed by atoms with Crippen LogP contribution < -0.4 is 9.13 Å². The molecular formula is C30H34N2+2. The zero-order chi connectivity index (χ0) is 22.5. The van der Waals surface area contributed by atoms with Gasteiger partial charge in [-0.3, -0.25) is 0 Å². The maximum absolute atomic E-state index is 2.38. The van der Waals surface area contributed by atoms with Gasteiger partial charge in [0.25, 0.3) is 0 Å². The highest BCUT2D eigenvalue weighted by Gasteiger charge is 2.18. The average molecular weight is 423 g/mol. The van der Waals surface area contributed by atoms with Gasteiger partial charge in [-0.2, -0.15) is 0 Å². The minimum absolute atomic E-state index is 1.04. The number of benzene rings is 2. The highest BCUT2D eigenvalue weighted by atomic mass is 14.9. The van der Waals surface area contributed by atoms with E-state index in [-0.39, 0.29) is 0 Å². The Hall–Kier alpha value is -3.26. The maximum Gasteiger partial charge on any atom is 0.182 e. The predicted molar refractivity (Wildman–Crippen MR) is 131 cm³/mol. The zero-order valence-electron chi connectivity index (χ0n) is 19.8. The molecule has 32 heavy (non-hydrogen) atoms. The summed E-state index contributed by atoms with van der Waals surface area (Å²) in [5, 5.41) is 0. The molecule has 2 nitrogen and oxygen atoms in total. The van der Waals surface area contributed by atoms with Crippen molar-refractivity contribution in [3.8, 4) is 11.1 Å². The lowest BCUT2D eigenvalue weighted by atomic mass is 9.99. The van der Waals surface area contributed by atoms with Gasteiger partial charge >= 0.3 is 0 Å². The second-order valence-electron chi connectivity index (χ2n) is 8.84. The van der Waals surface area contributed by atoms with Gasteiger partial charge in [0.15, 0.2) is 22.8 Å². The van der Waals surface area contributed by atoms with E-state index >= 15 is 0 Å². The summed E-state index contributed by atoms with van der Waals surface area (Å²) in [5.41, 5.74) is 10.7. The summed E-state index contributed by atoms with van der Waals surface area (Å²) in [6.07, 6.45) is 4.19. The standard InChI is InChI=1S/C30H34N2/c1-23-19-27(21-29(31(23)3)17-15-25-11-7-5-8-12-25)28-20-24(2)32(4)30(22-28)18-16-26-13-9-6-10-14-26/h5-14,19-22H,15-18H2,1-4H3/q+2. The summed E-state index contributed by atoms with van der Waals surface area (Å²) in [6.45, 7) is 4.42. The second-order valence-corrected chi connectivity index (χ2v) is 8.84. The zero-order valence-corrected chi connectivity index (χ0v) is 19.8. The molecule has 0 aliphatic heterocycles. The van der Waals surface area contributed by atoms with Crippen molar-refractivity contribution in [1.82, 2.24) is 0 Å². The molecule has 4 aromatic rings. The van der Waals surface area contributed by atoms with Crippen LogP contribution in [0.1, 0.15) is 33.9 Å². The fourth-order valence-corrected chi connectivity index (χ4v) is 4.38. The third kappa shape index (κ3) is 5.13. The van der Waals surface area contributed by atoms with Crippen molar-refractivity contribution in [3.05, 3.63) is 119 Å². The fraction of sp³-hybridized carbons (Fsp3) is 0.267. The number of aryl methyl sites for hydroxylation is 6. The van der Waals surface area contributed by atoms with Gasteiger partial charge in [0.05, 0.1) is 0 Å². The SMILES string of the molecule is Cc1cc(-c2cc(C)[n+](C)c(CCc3ccccc3)c2)cc(CCc2ccccc2)[n+]1C. The maximum atomic E-state index is 2.38. The first kappa shape index (κ1) is 22.0. The number of hydrogen-bond donors (Lipinski definition) is 0. The Morgan fingerprint density at radius 2 is 0.875 bits per heavy atom. The van der Waals surface area contributed by atoms with Crippen molar-refractivity contribution in [3.63, 3.8) is 0 Å². The van der Waals surface area contributed by atoms with Gasteiger partial charge in [0, 0.05) is 51.0 Å². The number of rotatable bonds is 7. The first-order chi connectivity index (χ1) is 15.5. The van der Waals surface area contributed by atoms with Crippen molar-refractivity contribution >= 4 is 0 Å². The predicted octanol–water partition coefficient (Wildman–Crippen LogP) is 5.19. The molecule has 0 unspecified atom stereocenters. The number of hydrogen-bond acceptors (Lipinski definition) is 0. The van der Waals surface area contributed by atoms with Crippen LogP contribution in [0, 0.1) is 13.8 Å². The van der Waals surface area contributed by atoms with Crippen LogP contribution in [0.5, 0.6) is 0 Å². The summed E-state index contributed by atoms with van der Waals surface area (Å²) in [5.74, 6) is 0. The molecule has 4 rings (SSSR count). The molecule has 0 aliphatic rings. The van der Waals surface area contributed by atoms with Gasteiger partial charge in [-0.1, -0.05) is 60.7 Å². The quantitative estimate of drug-likeness (QED) is 0.362. The number of pyridine rings is 2. The lowest BCUT2D eigenvalue weighted by Crippen LogP contribution is -2.38. The van der Waals surface area contributed by atoms with Crippen LogP contribution in [0.2, 0.25) is 0 Å². The minimum Gasteiger partial charge on any atom is -0.203 e. The van der Waals surface area contributed by atoms with E-state index in [2.05, 4.69) is 122 Å². The number of aromatic nitrogens is 2. The van der Waals surface area contributed by atoms with E-state index < -0.39 is 0 Å². The summed E-state index contributed by atoms with van der Waals surface area (Å²) in [7, 11) is 4.36.